The van der Waals surface area contributed by atoms with E-state index in [1.165, 1.54) is 43.3 Å². The summed E-state index contributed by atoms with van der Waals surface area (Å²) in [6, 6.07) is 0. The third-order valence-corrected chi connectivity index (χ3v) is 6.59. The fourth-order valence-corrected chi connectivity index (χ4v) is 4.10. The van der Waals surface area contributed by atoms with Gasteiger partial charge in [-0.15, -0.1) is 0 Å². The highest BCUT2D eigenvalue weighted by Crippen LogP contribution is 2.49. The predicted octanol–water partition coefficient (Wildman–Crippen LogP) is 7.72. The van der Waals surface area contributed by atoms with Crippen molar-refractivity contribution in [3.63, 3.8) is 0 Å². The molecule has 0 heterocycles. The van der Waals surface area contributed by atoms with Gasteiger partial charge in [0.25, 0.3) is 0 Å². The Morgan fingerprint density at radius 2 is 1.96 bits per heavy atom. The highest BCUT2D eigenvalue weighted by Gasteiger charge is 2.39. The molecule has 0 radical (unpaired) electrons. The first-order valence-corrected chi connectivity index (χ1v) is 9.86. The van der Waals surface area contributed by atoms with E-state index in [0.29, 0.717) is 17.3 Å². The van der Waals surface area contributed by atoms with Gasteiger partial charge < -0.3 is 0 Å². The van der Waals surface area contributed by atoms with Crippen LogP contribution in [-0.4, -0.2) is 0 Å². The van der Waals surface area contributed by atoms with Gasteiger partial charge in [0, 0.05) is 0 Å². The van der Waals surface area contributed by atoms with Crippen molar-refractivity contribution in [1.82, 2.24) is 0 Å². The first kappa shape index (κ1) is 20.3. The highest BCUT2D eigenvalue weighted by molar-refractivity contribution is 5.34. The van der Waals surface area contributed by atoms with Gasteiger partial charge in [-0.2, -0.15) is 0 Å². The molecule has 0 N–H and O–H groups in total. The largest absolute Gasteiger partial charge is 0.0953 e. The van der Waals surface area contributed by atoms with Crippen LogP contribution in [0, 0.1) is 23.2 Å². The Labute approximate surface area is 146 Å². The van der Waals surface area contributed by atoms with Crippen LogP contribution in [0.2, 0.25) is 0 Å². The average molecular weight is 317 g/mol. The zero-order valence-electron chi connectivity index (χ0n) is 16.8. The van der Waals surface area contributed by atoms with Gasteiger partial charge in [-0.1, -0.05) is 85.6 Å². The lowest BCUT2D eigenvalue weighted by Crippen LogP contribution is -2.36. The van der Waals surface area contributed by atoms with Gasteiger partial charge in [0.2, 0.25) is 0 Å². The summed E-state index contributed by atoms with van der Waals surface area (Å²) in [4.78, 5) is 0. The number of allylic oxidation sites excluding steroid dienone is 5. The Morgan fingerprint density at radius 1 is 1.30 bits per heavy atom. The Balaban J connectivity index is 3.04. The second kappa shape index (κ2) is 8.90. The van der Waals surface area contributed by atoms with Crippen molar-refractivity contribution in [2.24, 2.45) is 23.2 Å². The Morgan fingerprint density at radius 3 is 2.48 bits per heavy atom. The maximum absolute atomic E-state index is 4.33. The summed E-state index contributed by atoms with van der Waals surface area (Å²) < 4.78 is 0. The van der Waals surface area contributed by atoms with Gasteiger partial charge in [0.1, 0.15) is 0 Å². The Kier molecular flexibility index (Phi) is 7.84. The van der Waals surface area contributed by atoms with E-state index in [1.807, 2.05) is 0 Å². The molecule has 0 nitrogen and oxygen atoms in total. The van der Waals surface area contributed by atoms with Crippen LogP contribution in [0.5, 0.6) is 0 Å². The number of hydrogen-bond acceptors (Lipinski definition) is 0. The molecule has 0 saturated heterocycles. The van der Waals surface area contributed by atoms with E-state index in [9.17, 15) is 0 Å². The van der Waals surface area contributed by atoms with Crippen LogP contribution < -0.4 is 0 Å². The molecule has 1 aliphatic rings. The Hall–Kier alpha value is -0.780. The zero-order valence-corrected chi connectivity index (χ0v) is 16.8. The van der Waals surface area contributed by atoms with E-state index >= 15 is 0 Å². The molecule has 132 valence electrons. The van der Waals surface area contributed by atoms with E-state index in [4.69, 9.17) is 0 Å². The van der Waals surface area contributed by atoms with Crippen molar-refractivity contribution < 1.29 is 0 Å². The van der Waals surface area contributed by atoms with Crippen LogP contribution in [0.4, 0.5) is 0 Å². The zero-order chi connectivity index (χ0) is 17.6. The molecule has 1 saturated carbocycles. The summed E-state index contributed by atoms with van der Waals surface area (Å²) in [7, 11) is 0. The minimum atomic E-state index is 0.465. The summed E-state index contributed by atoms with van der Waals surface area (Å²) in [5.41, 5.74) is 4.89. The standard InChI is InChI=1S/C23H40/c1-9-12-21(19(6)17(3)4)14-15-22-13-11-16-23(8,20(22)7)18(5)10-2/h14-15,17-18,20H,6,9-13,16H2,1-5,7-8H3/b21-14-,22-15+. The van der Waals surface area contributed by atoms with Gasteiger partial charge in [0.15, 0.2) is 0 Å². The molecule has 3 unspecified atom stereocenters. The molecular formula is C23H40. The van der Waals surface area contributed by atoms with E-state index < -0.39 is 0 Å². The SMILES string of the molecule is C=C(/C(=C\C=C1/CCCC(C)(C(C)CC)C1C)CCC)C(C)C. The van der Waals surface area contributed by atoms with Gasteiger partial charge in [0.05, 0.1) is 0 Å². The predicted molar refractivity (Wildman–Crippen MR) is 106 cm³/mol. The summed E-state index contributed by atoms with van der Waals surface area (Å²) in [5, 5.41) is 0. The molecule has 1 fully saturated rings. The third-order valence-electron chi connectivity index (χ3n) is 6.59. The van der Waals surface area contributed by atoms with Crippen molar-refractivity contribution in [2.45, 2.75) is 87.0 Å². The van der Waals surface area contributed by atoms with Crippen LogP contribution in [0.15, 0.2) is 35.5 Å². The molecule has 0 aromatic heterocycles. The van der Waals surface area contributed by atoms with E-state index in [-0.39, 0.29) is 0 Å². The minimum Gasteiger partial charge on any atom is -0.0953 e. The minimum absolute atomic E-state index is 0.465. The fourth-order valence-electron chi connectivity index (χ4n) is 4.10. The highest BCUT2D eigenvalue weighted by atomic mass is 14.4. The molecule has 23 heavy (non-hydrogen) atoms. The quantitative estimate of drug-likeness (QED) is 0.422. The summed E-state index contributed by atoms with van der Waals surface area (Å²) >= 11 is 0. The molecule has 1 rings (SSSR count). The normalized spacial score (nSPS) is 29.1. The van der Waals surface area contributed by atoms with Crippen LogP contribution >= 0.6 is 0 Å². The molecule has 0 aromatic carbocycles. The fraction of sp³-hybridized carbons (Fsp3) is 0.739. The number of hydrogen-bond donors (Lipinski definition) is 0. The molecule has 0 aliphatic heterocycles. The monoisotopic (exact) mass is 316 g/mol. The maximum atomic E-state index is 4.33. The van der Waals surface area contributed by atoms with E-state index in [2.05, 4.69) is 67.2 Å². The van der Waals surface area contributed by atoms with Crippen LogP contribution in [-0.2, 0) is 0 Å². The van der Waals surface area contributed by atoms with E-state index in [0.717, 1.165) is 12.3 Å². The first-order valence-electron chi connectivity index (χ1n) is 9.86. The second-order valence-electron chi connectivity index (χ2n) is 8.25. The van der Waals surface area contributed by atoms with Crippen molar-refractivity contribution >= 4 is 0 Å². The van der Waals surface area contributed by atoms with Crippen molar-refractivity contribution in [3.8, 4) is 0 Å². The van der Waals surface area contributed by atoms with Crippen LogP contribution in [0.25, 0.3) is 0 Å². The smallest absolute Gasteiger partial charge is 0.0172 e. The van der Waals surface area contributed by atoms with Gasteiger partial charge in [-0.25, -0.2) is 0 Å². The topological polar surface area (TPSA) is 0 Å². The van der Waals surface area contributed by atoms with Crippen LogP contribution in [0.3, 0.4) is 0 Å². The lowest BCUT2D eigenvalue weighted by atomic mass is 9.59. The van der Waals surface area contributed by atoms with Crippen molar-refractivity contribution in [1.29, 1.82) is 0 Å². The summed E-state index contributed by atoms with van der Waals surface area (Å²) in [6.07, 6.45) is 12.5. The molecule has 3 atom stereocenters. The summed E-state index contributed by atoms with van der Waals surface area (Å²) in [6.45, 7) is 20.9. The number of rotatable bonds is 7. The van der Waals surface area contributed by atoms with Crippen molar-refractivity contribution in [2.75, 3.05) is 0 Å². The molecule has 0 bridgehead atoms. The first-order chi connectivity index (χ1) is 10.8. The molecule has 1 aliphatic carbocycles. The van der Waals surface area contributed by atoms with Gasteiger partial charge in [-0.05, 0) is 60.0 Å². The lowest BCUT2D eigenvalue weighted by molar-refractivity contribution is 0.0948. The van der Waals surface area contributed by atoms with Crippen molar-refractivity contribution in [3.05, 3.63) is 35.5 Å². The van der Waals surface area contributed by atoms with Crippen LogP contribution in [0.1, 0.15) is 87.0 Å². The molecule has 0 aromatic rings. The summed E-state index contributed by atoms with van der Waals surface area (Å²) in [5.74, 6) is 2.03. The van der Waals surface area contributed by atoms with E-state index in [1.54, 1.807) is 5.57 Å². The van der Waals surface area contributed by atoms with Gasteiger partial charge >= 0.3 is 0 Å². The molecular weight excluding hydrogens is 276 g/mol. The molecule has 0 heteroatoms. The second-order valence-corrected chi connectivity index (χ2v) is 8.25. The molecule has 0 spiro atoms. The lowest BCUT2D eigenvalue weighted by Gasteiger charge is -2.45. The Bertz CT molecular complexity index is 449. The maximum Gasteiger partial charge on any atom is -0.0172 e. The average Bonchev–Trinajstić information content (AvgIpc) is 2.53. The van der Waals surface area contributed by atoms with Gasteiger partial charge in [-0.3, -0.25) is 0 Å². The third kappa shape index (κ3) is 4.85. The molecule has 0 amide bonds.